The first-order chi connectivity index (χ1) is 15.3. The highest BCUT2D eigenvalue weighted by atomic mass is 16.5. The quantitative estimate of drug-likeness (QED) is 0.646. The predicted octanol–water partition coefficient (Wildman–Crippen LogP) is 2.66. The molecule has 0 radical (unpaired) electrons. The minimum Gasteiger partial charge on any atom is -0.468 e. The zero-order valence-electron chi connectivity index (χ0n) is 19.4. The van der Waals surface area contributed by atoms with Gasteiger partial charge in [0.05, 0.1) is 13.2 Å². The summed E-state index contributed by atoms with van der Waals surface area (Å²) in [5.74, 6) is -0.581. The van der Waals surface area contributed by atoms with Gasteiger partial charge in [-0.05, 0) is 67.5 Å². The highest BCUT2D eigenvalue weighted by molar-refractivity contribution is 5.83. The van der Waals surface area contributed by atoms with E-state index in [2.05, 4.69) is 61.6 Å². The molecule has 7 nitrogen and oxygen atoms in total. The smallest absolute Gasteiger partial charge is 0.324 e. The van der Waals surface area contributed by atoms with Gasteiger partial charge in [-0.2, -0.15) is 0 Å². The third-order valence-electron chi connectivity index (χ3n) is 6.05. The Hall–Kier alpha value is -2.90. The molecule has 2 aromatic rings. The molecule has 1 amide bonds. The number of carbonyl (C=O) groups is 2. The van der Waals surface area contributed by atoms with Crippen molar-refractivity contribution < 1.29 is 14.3 Å². The number of methoxy groups -OCH3 is 1. The lowest BCUT2D eigenvalue weighted by Gasteiger charge is -2.34. The van der Waals surface area contributed by atoms with Crippen LogP contribution in [-0.2, 0) is 20.7 Å². The summed E-state index contributed by atoms with van der Waals surface area (Å²) >= 11 is 0. The van der Waals surface area contributed by atoms with Gasteiger partial charge in [-0.15, -0.1) is 0 Å². The van der Waals surface area contributed by atoms with Gasteiger partial charge in [0.1, 0.15) is 6.04 Å². The van der Waals surface area contributed by atoms with Gasteiger partial charge in [0, 0.05) is 25.8 Å². The minimum atomic E-state index is -0.698. The Balaban J connectivity index is 1.70. The number of hydrogen-bond donors (Lipinski definition) is 2. The summed E-state index contributed by atoms with van der Waals surface area (Å²) in [6.45, 7) is 5.73. The molecule has 2 aromatic carbocycles. The van der Waals surface area contributed by atoms with Crippen LogP contribution in [0.2, 0.25) is 0 Å². The van der Waals surface area contributed by atoms with Gasteiger partial charge in [0.2, 0.25) is 0 Å². The summed E-state index contributed by atoms with van der Waals surface area (Å²) in [6, 6.07) is 13.4. The number of nitrogens with zero attached hydrogens (tertiary/aromatic N) is 2. The number of ether oxygens (including phenoxy) is 1. The van der Waals surface area contributed by atoms with Gasteiger partial charge >= 0.3 is 5.97 Å². The summed E-state index contributed by atoms with van der Waals surface area (Å²) in [5.41, 5.74) is 14.9. The van der Waals surface area contributed by atoms with Crippen molar-refractivity contribution in [2.24, 2.45) is 5.73 Å². The fourth-order valence-electron chi connectivity index (χ4n) is 4.11. The van der Waals surface area contributed by atoms with Crippen LogP contribution in [0.5, 0.6) is 0 Å². The summed E-state index contributed by atoms with van der Waals surface area (Å²) < 4.78 is 4.79. The average Bonchev–Trinajstić information content (AvgIpc) is 2.82. The molecule has 3 rings (SSSR count). The maximum atomic E-state index is 12.9. The molecule has 0 saturated carbocycles. The van der Waals surface area contributed by atoms with Crippen molar-refractivity contribution in [2.75, 3.05) is 32.1 Å². The van der Waals surface area contributed by atoms with Crippen LogP contribution in [0.4, 0.5) is 5.69 Å². The Bertz CT molecular complexity index is 962. The van der Waals surface area contributed by atoms with E-state index in [1.54, 1.807) is 0 Å². The van der Waals surface area contributed by atoms with Crippen molar-refractivity contribution in [3.8, 4) is 11.1 Å². The molecule has 1 aliphatic heterocycles. The van der Waals surface area contributed by atoms with E-state index in [-0.39, 0.29) is 11.9 Å². The molecule has 1 fully saturated rings. The summed E-state index contributed by atoms with van der Waals surface area (Å²) in [7, 11) is 3.44. The predicted molar refractivity (Wildman–Crippen MR) is 127 cm³/mol. The average molecular weight is 439 g/mol. The van der Waals surface area contributed by atoms with Crippen molar-refractivity contribution in [1.82, 2.24) is 10.4 Å². The summed E-state index contributed by atoms with van der Waals surface area (Å²) in [5, 5.41) is 1.46. The lowest BCUT2D eigenvalue weighted by molar-refractivity contribution is -0.149. The number of benzene rings is 2. The Morgan fingerprint density at radius 3 is 2.69 bits per heavy atom. The molecule has 3 N–H and O–H groups in total. The Morgan fingerprint density at radius 1 is 1.25 bits per heavy atom. The maximum Gasteiger partial charge on any atom is 0.324 e. The van der Waals surface area contributed by atoms with Crippen LogP contribution in [0.25, 0.3) is 11.1 Å². The van der Waals surface area contributed by atoms with Crippen molar-refractivity contribution in [1.29, 1.82) is 0 Å². The van der Waals surface area contributed by atoms with Gasteiger partial charge in [-0.25, -0.2) is 5.43 Å². The van der Waals surface area contributed by atoms with Gasteiger partial charge in [-0.3, -0.25) is 14.6 Å². The number of esters is 1. The molecule has 2 atom stereocenters. The number of amides is 1. The van der Waals surface area contributed by atoms with E-state index >= 15 is 0 Å². The standard InChI is InChI=1S/C25H34N4O3/c1-5-28(3)23-12-11-20(14-17(23)2)19-9-6-8-18(15-19)16-21(26)24(30)29-13-7-10-22(27-29)25(31)32-4/h6,8-9,11-12,14-15,21-22,27H,5,7,10,13,16,26H2,1-4H3/t21-,22-/m0/s1. The zero-order chi connectivity index (χ0) is 23.3. The molecular weight excluding hydrogens is 404 g/mol. The summed E-state index contributed by atoms with van der Waals surface area (Å²) in [4.78, 5) is 26.9. The largest absolute Gasteiger partial charge is 0.468 e. The van der Waals surface area contributed by atoms with Gasteiger partial charge < -0.3 is 15.4 Å². The first-order valence-electron chi connectivity index (χ1n) is 11.2. The van der Waals surface area contributed by atoms with Gasteiger partial charge in [0.15, 0.2) is 0 Å². The number of carbonyl (C=O) groups excluding carboxylic acids is 2. The van der Waals surface area contributed by atoms with Gasteiger partial charge in [-0.1, -0.05) is 30.3 Å². The number of anilines is 1. The monoisotopic (exact) mass is 438 g/mol. The highest BCUT2D eigenvalue weighted by Crippen LogP contribution is 2.27. The van der Waals surface area contributed by atoms with E-state index in [0.717, 1.165) is 29.7 Å². The van der Waals surface area contributed by atoms with Crippen LogP contribution in [0.15, 0.2) is 42.5 Å². The maximum absolute atomic E-state index is 12.9. The second kappa shape index (κ2) is 10.6. The Morgan fingerprint density at radius 2 is 2.00 bits per heavy atom. The third-order valence-corrected chi connectivity index (χ3v) is 6.05. The highest BCUT2D eigenvalue weighted by Gasteiger charge is 2.30. The van der Waals surface area contributed by atoms with Crippen LogP contribution < -0.4 is 16.1 Å². The van der Waals surface area contributed by atoms with Gasteiger partial charge in [0.25, 0.3) is 5.91 Å². The van der Waals surface area contributed by atoms with Crippen LogP contribution in [-0.4, -0.2) is 56.2 Å². The zero-order valence-corrected chi connectivity index (χ0v) is 19.4. The van der Waals surface area contributed by atoms with E-state index < -0.39 is 12.1 Å². The van der Waals surface area contributed by atoms with Crippen molar-refractivity contribution in [3.05, 3.63) is 53.6 Å². The number of hydrogen-bond acceptors (Lipinski definition) is 6. The van der Waals surface area contributed by atoms with E-state index in [4.69, 9.17) is 10.5 Å². The topological polar surface area (TPSA) is 87.9 Å². The van der Waals surface area contributed by atoms with Crippen LogP contribution in [0, 0.1) is 6.92 Å². The first kappa shape index (κ1) is 23.8. The second-order valence-corrected chi connectivity index (χ2v) is 8.36. The van der Waals surface area contributed by atoms with E-state index in [1.165, 1.54) is 23.4 Å². The molecule has 1 aliphatic rings. The SMILES string of the molecule is CCN(C)c1ccc(-c2cccc(C[C@H](N)C(=O)N3CCC[C@@H](C(=O)OC)N3)c2)cc1C. The molecule has 0 spiro atoms. The molecule has 1 heterocycles. The second-order valence-electron chi connectivity index (χ2n) is 8.36. The van der Waals surface area contributed by atoms with Crippen molar-refractivity contribution in [2.45, 2.75) is 45.2 Å². The molecule has 0 bridgehead atoms. The van der Waals surface area contributed by atoms with Crippen LogP contribution >= 0.6 is 0 Å². The fraction of sp³-hybridized carbons (Fsp3) is 0.440. The normalized spacial score (nSPS) is 17.0. The number of nitrogens with two attached hydrogens (primary N) is 1. The molecule has 0 aliphatic carbocycles. The molecule has 172 valence electrons. The molecule has 32 heavy (non-hydrogen) atoms. The van der Waals surface area contributed by atoms with E-state index in [9.17, 15) is 9.59 Å². The molecular formula is C25H34N4O3. The van der Waals surface area contributed by atoms with E-state index in [0.29, 0.717) is 19.4 Å². The third kappa shape index (κ3) is 5.47. The minimum absolute atomic E-state index is 0.216. The lowest BCUT2D eigenvalue weighted by Crippen LogP contribution is -2.59. The molecule has 0 aromatic heterocycles. The van der Waals surface area contributed by atoms with Crippen LogP contribution in [0.1, 0.15) is 30.9 Å². The lowest BCUT2D eigenvalue weighted by atomic mass is 9.97. The Kier molecular flexibility index (Phi) is 7.88. The summed E-state index contributed by atoms with van der Waals surface area (Å²) in [6.07, 6.45) is 1.78. The van der Waals surface area contributed by atoms with Crippen LogP contribution in [0.3, 0.4) is 0 Å². The molecule has 1 saturated heterocycles. The molecule has 7 heteroatoms. The fourth-order valence-corrected chi connectivity index (χ4v) is 4.11. The number of hydrazine groups is 1. The van der Waals surface area contributed by atoms with Crippen molar-refractivity contribution in [3.63, 3.8) is 0 Å². The van der Waals surface area contributed by atoms with Crippen molar-refractivity contribution >= 4 is 17.6 Å². The number of aryl methyl sites for hydroxylation is 1. The number of rotatable bonds is 7. The van der Waals surface area contributed by atoms with E-state index in [1.807, 2.05) is 12.1 Å². The number of nitrogens with one attached hydrogen (secondary N) is 1. The molecule has 0 unspecified atom stereocenters. The Labute approximate surface area is 190 Å². The first-order valence-corrected chi connectivity index (χ1v) is 11.2.